The lowest BCUT2D eigenvalue weighted by atomic mass is 9.84. The molecule has 0 aromatic heterocycles. The average Bonchev–Trinajstić information content (AvgIpc) is 3.31. The Morgan fingerprint density at radius 1 is 1.05 bits per heavy atom. The minimum absolute atomic E-state index is 0.0504. The van der Waals surface area contributed by atoms with Crippen LogP contribution in [0.1, 0.15) is 24.0 Å². The summed E-state index contributed by atoms with van der Waals surface area (Å²) < 4.78 is 27.3. The lowest BCUT2D eigenvalue weighted by Crippen LogP contribution is -2.40. The van der Waals surface area contributed by atoms with Gasteiger partial charge in [0, 0.05) is 11.5 Å². The van der Waals surface area contributed by atoms with Crippen LogP contribution in [0, 0.1) is 11.6 Å². The van der Waals surface area contributed by atoms with Gasteiger partial charge in [-0.25, -0.2) is 8.78 Å². The van der Waals surface area contributed by atoms with Crippen LogP contribution in [0.2, 0.25) is 0 Å². The van der Waals surface area contributed by atoms with Gasteiger partial charge in [0.1, 0.15) is 0 Å². The third-order valence-electron chi connectivity index (χ3n) is 4.61. The number of nitrogens with one attached hydrogen (secondary N) is 1. The summed E-state index contributed by atoms with van der Waals surface area (Å²) >= 11 is 0. The monoisotopic (exact) mass is 287 g/mol. The van der Waals surface area contributed by atoms with Gasteiger partial charge >= 0.3 is 0 Å². The standard InChI is InChI=1S/C18H19F2N/c1-21-16(12-13-6-5-9-15(19)17(13)20)18(10-11-18)14-7-3-2-4-8-14/h2-9,16,21H,10-12H2,1H3. The fourth-order valence-electron chi connectivity index (χ4n) is 3.24. The Morgan fingerprint density at radius 3 is 2.38 bits per heavy atom. The molecule has 110 valence electrons. The van der Waals surface area contributed by atoms with Crippen LogP contribution in [0.3, 0.4) is 0 Å². The molecule has 1 aliphatic carbocycles. The second-order valence-electron chi connectivity index (χ2n) is 5.78. The van der Waals surface area contributed by atoms with Crippen molar-refractivity contribution in [1.82, 2.24) is 5.32 Å². The molecule has 2 aromatic rings. The van der Waals surface area contributed by atoms with Crippen LogP contribution < -0.4 is 5.32 Å². The lowest BCUT2D eigenvalue weighted by Gasteiger charge is -2.27. The summed E-state index contributed by atoms with van der Waals surface area (Å²) in [7, 11) is 1.89. The normalized spacial score (nSPS) is 17.5. The molecule has 2 aromatic carbocycles. The summed E-state index contributed by atoms with van der Waals surface area (Å²) in [6, 6.07) is 14.8. The van der Waals surface area contributed by atoms with Crippen LogP contribution in [-0.4, -0.2) is 13.1 Å². The Balaban J connectivity index is 1.88. The number of likely N-dealkylation sites (N-methyl/N-ethyl adjacent to an activating group) is 1. The molecule has 1 aliphatic rings. The zero-order chi connectivity index (χ0) is 14.9. The summed E-state index contributed by atoms with van der Waals surface area (Å²) in [5, 5.41) is 3.31. The molecule has 1 unspecified atom stereocenters. The highest BCUT2D eigenvalue weighted by molar-refractivity contribution is 5.35. The van der Waals surface area contributed by atoms with Gasteiger partial charge in [-0.2, -0.15) is 0 Å². The average molecular weight is 287 g/mol. The van der Waals surface area contributed by atoms with Crippen molar-refractivity contribution < 1.29 is 8.78 Å². The van der Waals surface area contributed by atoms with Crippen molar-refractivity contribution in [3.8, 4) is 0 Å². The molecule has 1 N–H and O–H groups in total. The van der Waals surface area contributed by atoms with Gasteiger partial charge in [0.05, 0.1) is 0 Å². The highest BCUT2D eigenvalue weighted by Crippen LogP contribution is 2.51. The maximum Gasteiger partial charge on any atom is 0.162 e. The Morgan fingerprint density at radius 2 is 1.76 bits per heavy atom. The Bertz CT molecular complexity index is 620. The first kappa shape index (κ1) is 14.2. The smallest absolute Gasteiger partial charge is 0.162 e. The highest BCUT2D eigenvalue weighted by Gasteiger charge is 2.50. The predicted octanol–water partition coefficient (Wildman–Crippen LogP) is 3.83. The number of halogens is 2. The number of hydrogen-bond donors (Lipinski definition) is 1. The summed E-state index contributed by atoms with van der Waals surface area (Å²) in [5.41, 5.74) is 1.77. The zero-order valence-electron chi connectivity index (χ0n) is 12.1. The summed E-state index contributed by atoms with van der Waals surface area (Å²) in [6.07, 6.45) is 2.66. The van der Waals surface area contributed by atoms with E-state index in [1.54, 1.807) is 12.1 Å². The Kier molecular flexibility index (Phi) is 3.77. The third kappa shape index (κ3) is 2.58. The first-order valence-corrected chi connectivity index (χ1v) is 7.33. The molecule has 0 aliphatic heterocycles. The van der Waals surface area contributed by atoms with Crippen molar-refractivity contribution in [2.45, 2.75) is 30.7 Å². The second kappa shape index (κ2) is 5.57. The van der Waals surface area contributed by atoms with Gasteiger partial charge in [-0.3, -0.25) is 0 Å². The van der Waals surface area contributed by atoms with E-state index in [2.05, 4.69) is 17.4 Å². The fourth-order valence-corrected chi connectivity index (χ4v) is 3.24. The highest BCUT2D eigenvalue weighted by atomic mass is 19.2. The molecule has 3 heteroatoms. The lowest BCUT2D eigenvalue weighted by molar-refractivity contribution is 0.427. The van der Waals surface area contributed by atoms with Crippen molar-refractivity contribution in [2.24, 2.45) is 0 Å². The Hall–Kier alpha value is -1.74. The van der Waals surface area contributed by atoms with E-state index < -0.39 is 11.6 Å². The number of hydrogen-bond acceptors (Lipinski definition) is 1. The molecule has 0 radical (unpaired) electrons. The van der Waals surface area contributed by atoms with Crippen LogP contribution in [0.25, 0.3) is 0 Å². The van der Waals surface area contributed by atoms with Crippen LogP contribution >= 0.6 is 0 Å². The van der Waals surface area contributed by atoms with Crippen LogP contribution in [0.4, 0.5) is 8.78 Å². The van der Waals surface area contributed by atoms with Gasteiger partial charge in [-0.15, -0.1) is 0 Å². The summed E-state index contributed by atoms with van der Waals surface area (Å²) in [6.45, 7) is 0. The van der Waals surface area contributed by atoms with E-state index in [0.29, 0.717) is 12.0 Å². The van der Waals surface area contributed by atoms with E-state index >= 15 is 0 Å². The molecule has 1 nitrogen and oxygen atoms in total. The molecule has 3 rings (SSSR count). The zero-order valence-corrected chi connectivity index (χ0v) is 12.1. The van der Waals surface area contributed by atoms with E-state index in [9.17, 15) is 8.78 Å². The van der Waals surface area contributed by atoms with Gasteiger partial charge in [0.25, 0.3) is 0 Å². The van der Waals surface area contributed by atoms with E-state index in [4.69, 9.17) is 0 Å². The largest absolute Gasteiger partial charge is 0.316 e. The minimum Gasteiger partial charge on any atom is -0.316 e. The second-order valence-corrected chi connectivity index (χ2v) is 5.78. The molecule has 1 fully saturated rings. The van der Waals surface area contributed by atoms with E-state index in [-0.39, 0.29) is 11.5 Å². The maximum absolute atomic E-state index is 13.9. The molecule has 0 amide bonds. The van der Waals surface area contributed by atoms with Gasteiger partial charge in [0.15, 0.2) is 11.6 Å². The molecule has 1 atom stereocenters. The van der Waals surface area contributed by atoms with E-state index in [1.165, 1.54) is 5.56 Å². The van der Waals surface area contributed by atoms with Crippen LogP contribution in [-0.2, 0) is 11.8 Å². The number of rotatable bonds is 5. The van der Waals surface area contributed by atoms with Crippen molar-refractivity contribution in [2.75, 3.05) is 7.05 Å². The third-order valence-corrected chi connectivity index (χ3v) is 4.61. The summed E-state index contributed by atoms with van der Waals surface area (Å²) in [5.74, 6) is -1.49. The van der Waals surface area contributed by atoms with Crippen molar-refractivity contribution in [3.63, 3.8) is 0 Å². The SMILES string of the molecule is CNC(Cc1cccc(F)c1F)C1(c2ccccc2)CC1. The fraction of sp³-hybridized carbons (Fsp3) is 0.333. The molecule has 0 bridgehead atoms. The quantitative estimate of drug-likeness (QED) is 0.881. The minimum atomic E-state index is -0.771. The van der Waals surface area contributed by atoms with Crippen LogP contribution in [0.5, 0.6) is 0 Å². The maximum atomic E-state index is 13.9. The molecular formula is C18H19F2N. The first-order valence-electron chi connectivity index (χ1n) is 7.33. The number of benzene rings is 2. The van der Waals surface area contributed by atoms with Crippen molar-refractivity contribution >= 4 is 0 Å². The van der Waals surface area contributed by atoms with Crippen molar-refractivity contribution in [1.29, 1.82) is 0 Å². The van der Waals surface area contributed by atoms with E-state index in [1.807, 2.05) is 25.2 Å². The van der Waals surface area contributed by atoms with Gasteiger partial charge in [-0.05, 0) is 43.5 Å². The van der Waals surface area contributed by atoms with Gasteiger partial charge < -0.3 is 5.32 Å². The molecule has 0 heterocycles. The molecule has 0 saturated heterocycles. The molecular weight excluding hydrogens is 268 g/mol. The first-order chi connectivity index (χ1) is 10.2. The van der Waals surface area contributed by atoms with Crippen molar-refractivity contribution in [3.05, 3.63) is 71.3 Å². The molecule has 0 spiro atoms. The van der Waals surface area contributed by atoms with Gasteiger partial charge in [0.2, 0.25) is 0 Å². The molecule has 21 heavy (non-hydrogen) atoms. The topological polar surface area (TPSA) is 12.0 Å². The van der Waals surface area contributed by atoms with Crippen LogP contribution in [0.15, 0.2) is 48.5 Å². The Labute approximate surface area is 124 Å². The predicted molar refractivity (Wildman–Crippen MR) is 80.3 cm³/mol. The molecule has 1 saturated carbocycles. The van der Waals surface area contributed by atoms with Gasteiger partial charge in [-0.1, -0.05) is 42.5 Å². The van der Waals surface area contributed by atoms with E-state index in [0.717, 1.165) is 18.9 Å². The summed E-state index contributed by atoms with van der Waals surface area (Å²) in [4.78, 5) is 0.